The molecule has 0 aliphatic rings. The Bertz CT molecular complexity index is 388. The topological polar surface area (TPSA) is 42.4 Å². The summed E-state index contributed by atoms with van der Waals surface area (Å²) >= 11 is 0. The SMILES string of the molecule is COc1ncc(C)cc1C(C)(O)C(F)(F)F. The zero-order valence-corrected chi connectivity index (χ0v) is 9.09. The number of pyridine rings is 1. The third kappa shape index (κ3) is 2.11. The van der Waals surface area contributed by atoms with E-state index >= 15 is 0 Å². The van der Waals surface area contributed by atoms with Crippen molar-refractivity contribution in [3.05, 3.63) is 23.4 Å². The maximum atomic E-state index is 12.6. The standard InChI is InChI=1S/C10H12F3NO2/c1-6-4-7(8(16-3)14-5-6)9(2,15)10(11,12)13/h4-5,15H,1-3H3. The van der Waals surface area contributed by atoms with Crippen LogP contribution in [0.3, 0.4) is 0 Å². The van der Waals surface area contributed by atoms with E-state index in [4.69, 9.17) is 4.74 Å². The van der Waals surface area contributed by atoms with E-state index in [-0.39, 0.29) is 11.4 Å². The maximum absolute atomic E-state index is 12.6. The van der Waals surface area contributed by atoms with E-state index in [1.807, 2.05) is 0 Å². The molecule has 0 amide bonds. The van der Waals surface area contributed by atoms with Crippen LogP contribution in [0.4, 0.5) is 13.2 Å². The van der Waals surface area contributed by atoms with Gasteiger partial charge >= 0.3 is 6.18 Å². The summed E-state index contributed by atoms with van der Waals surface area (Å²) in [5, 5.41) is 9.51. The summed E-state index contributed by atoms with van der Waals surface area (Å²) < 4.78 is 42.6. The second kappa shape index (κ2) is 3.93. The largest absolute Gasteiger partial charge is 0.481 e. The summed E-state index contributed by atoms with van der Waals surface area (Å²) in [6.45, 7) is 2.26. The maximum Gasteiger partial charge on any atom is 0.421 e. The summed E-state index contributed by atoms with van der Waals surface area (Å²) in [6, 6.07) is 1.21. The first kappa shape index (κ1) is 12.8. The van der Waals surface area contributed by atoms with E-state index < -0.39 is 11.8 Å². The van der Waals surface area contributed by atoms with Crippen LogP contribution in [0.15, 0.2) is 12.3 Å². The molecule has 0 spiro atoms. The number of nitrogens with zero attached hydrogens (tertiary/aromatic N) is 1. The van der Waals surface area contributed by atoms with Crippen LogP contribution < -0.4 is 4.74 Å². The number of aromatic nitrogens is 1. The van der Waals surface area contributed by atoms with E-state index in [9.17, 15) is 18.3 Å². The van der Waals surface area contributed by atoms with Crippen molar-refractivity contribution in [2.45, 2.75) is 25.6 Å². The van der Waals surface area contributed by atoms with Gasteiger partial charge in [0.05, 0.1) is 12.7 Å². The smallest absolute Gasteiger partial charge is 0.421 e. The highest BCUT2D eigenvalue weighted by molar-refractivity contribution is 5.35. The lowest BCUT2D eigenvalue weighted by atomic mass is 9.95. The minimum atomic E-state index is -4.78. The second-order valence-corrected chi connectivity index (χ2v) is 3.64. The number of rotatable bonds is 2. The van der Waals surface area contributed by atoms with Crippen molar-refractivity contribution >= 4 is 0 Å². The molecule has 1 rings (SSSR count). The number of aliphatic hydroxyl groups is 1. The zero-order valence-electron chi connectivity index (χ0n) is 9.09. The Labute approximate surface area is 90.9 Å². The third-order valence-electron chi connectivity index (χ3n) is 2.26. The molecule has 0 aromatic carbocycles. The molecule has 16 heavy (non-hydrogen) atoms. The highest BCUT2D eigenvalue weighted by Crippen LogP contribution is 2.41. The van der Waals surface area contributed by atoms with Crippen molar-refractivity contribution < 1.29 is 23.0 Å². The molecule has 3 nitrogen and oxygen atoms in total. The summed E-state index contributed by atoms with van der Waals surface area (Å²) in [5.74, 6) is -0.229. The van der Waals surface area contributed by atoms with E-state index in [1.165, 1.54) is 19.4 Å². The number of halogens is 3. The number of hydrogen-bond acceptors (Lipinski definition) is 3. The Kier molecular flexibility index (Phi) is 3.14. The second-order valence-electron chi connectivity index (χ2n) is 3.64. The molecule has 90 valence electrons. The Morgan fingerprint density at radius 1 is 1.38 bits per heavy atom. The minimum absolute atomic E-state index is 0.229. The van der Waals surface area contributed by atoms with Gasteiger partial charge in [0.25, 0.3) is 0 Å². The lowest BCUT2D eigenvalue weighted by Crippen LogP contribution is -2.39. The van der Waals surface area contributed by atoms with Gasteiger partial charge < -0.3 is 9.84 Å². The molecular formula is C10H12F3NO2. The van der Waals surface area contributed by atoms with Crippen molar-refractivity contribution in [2.24, 2.45) is 0 Å². The van der Waals surface area contributed by atoms with Crippen LogP contribution in [0.2, 0.25) is 0 Å². The Balaban J connectivity index is 3.36. The first-order valence-electron chi connectivity index (χ1n) is 4.50. The fraction of sp³-hybridized carbons (Fsp3) is 0.500. The van der Waals surface area contributed by atoms with Gasteiger partial charge in [-0.15, -0.1) is 0 Å². The molecular weight excluding hydrogens is 223 g/mol. The summed E-state index contributed by atoms with van der Waals surface area (Å²) in [6.07, 6.45) is -3.41. The molecule has 0 aliphatic heterocycles. The van der Waals surface area contributed by atoms with Crippen LogP contribution in [0.5, 0.6) is 5.88 Å². The lowest BCUT2D eigenvalue weighted by Gasteiger charge is -2.27. The minimum Gasteiger partial charge on any atom is -0.481 e. The van der Waals surface area contributed by atoms with Crippen LogP contribution in [0.1, 0.15) is 18.1 Å². The van der Waals surface area contributed by atoms with Gasteiger partial charge in [-0.05, 0) is 25.5 Å². The first-order chi connectivity index (χ1) is 7.20. The Morgan fingerprint density at radius 2 is 1.94 bits per heavy atom. The predicted molar refractivity (Wildman–Crippen MR) is 51.2 cm³/mol. The van der Waals surface area contributed by atoms with Crippen LogP contribution in [-0.4, -0.2) is 23.4 Å². The molecule has 0 saturated heterocycles. The van der Waals surface area contributed by atoms with Crippen LogP contribution in [0, 0.1) is 6.92 Å². The zero-order chi connectivity index (χ0) is 12.6. The van der Waals surface area contributed by atoms with Gasteiger partial charge in [-0.25, -0.2) is 4.98 Å². The molecule has 1 atom stereocenters. The monoisotopic (exact) mass is 235 g/mol. The summed E-state index contributed by atoms with van der Waals surface area (Å²) in [7, 11) is 1.20. The molecule has 1 unspecified atom stereocenters. The average molecular weight is 235 g/mol. The molecule has 0 radical (unpaired) electrons. The van der Waals surface area contributed by atoms with Crippen molar-refractivity contribution in [1.82, 2.24) is 4.98 Å². The molecule has 0 aliphatic carbocycles. The molecule has 0 bridgehead atoms. The van der Waals surface area contributed by atoms with E-state index in [0.717, 1.165) is 0 Å². The molecule has 1 aromatic rings. The van der Waals surface area contributed by atoms with Gasteiger partial charge in [0.2, 0.25) is 5.88 Å². The number of hydrogen-bond donors (Lipinski definition) is 1. The van der Waals surface area contributed by atoms with E-state index in [1.54, 1.807) is 6.92 Å². The fourth-order valence-electron chi connectivity index (χ4n) is 1.22. The quantitative estimate of drug-likeness (QED) is 0.854. The van der Waals surface area contributed by atoms with E-state index in [2.05, 4.69) is 4.98 Å². The van der Waals surface area contributed by atoms with Gasteiger partial charge in [0.1, 0.15) is 0 Å². The number of aryl methyl sites for hydroxylation is 1. The molecule has 6 heteroatoms. The van der Waals surface area contributed by atoms with Crippen molar-refractivity contribution in [1.29, 1.82) is 0 Å². The summed E-state index contributed by atoms with van der Waals surface area (Å²) in [5.41, 5.74) is -2.85. The molecule has 1 aromatic heterocycles. The van der Waals surface area contributed by atoms with Gasteiger partial charge in [0.15, 0.2) is 5.60 Å². The van der Waals surface area contributed by atoms with Crippen molar-refractivity contribution in [3.63, 3.8) is 0 Å². The van der Waals surface area contributed by atoms with Crippen molar-refractivity contribution in [2.75, 3.05) is 7.11 Å². The number of ether oxygens (including phenoxy) is 1. The number of methoxy groups -OCH3 is 1. The first-order valence-corrected chi connectivity index (χ1v) is 4.50. The fourth-order valence-corrected chi connectivity index (χ4v) is 1.22. The van der Waals surface area contributed by atoms with Crippen molar-refractivity contribution in [3.8, 4) is 5.88 Å². The van der Waals surface area contributed by atoms with Gasteiger partial charge in [0, 0.05) is 6.20 Å². The highest BCUT2D eigenvalue weighted by atomic mass is 19.4. The van der Waals surface area contributed by atoms with E-state index in [0.29, 0.717) is 12.5 Å². The average Bonchev–Trinajstić information content (AvgIpc) is 2.16. The summed E-state index contributed by atoms with van der Waals surface area (Å²) in [4.78, 5) is 3.69. The molecule has 1 heterocycles. The van der Waals surface area contributed by atoms with Gasteiger partial charge in [-0.3, -0.25) is 0 Å². The normalized spacial score (nSPS) is 15.7. The van der Waals surface area contributed by atoms with Gasteiger partial charge in [-0.2, -0.15) is 13.2 Å². The van der Waals surface area contributed by atoms with Crippen LogP contribution in [0.25, 0.3) is 0 Å². The Morgan fingerprint density at radius 3 is 2.38 bits per heavy atom. The predicted octanol–water partition coefficient (Wildman–Crippen LogP) is 2.17. The number of alkyl halides is 3. The van der Waals surface area contributed by atoms with Crippen LogP contribution >= 0.6 is 0 Å². The molecule has 0 saturated carbocycles. The highest BCUT2D eigenvalue weighted by Gasteiger charge is 2.53. The third-order valence-corrected chi connectivity index (χ3v) is 2.26. The molecule has 1 N–H and O–H groups in total. The Hall–Kier alpha value is -1.30. The molecule has 0 fully saturated rings. The lowest BCUT2D eigenvalue weighted by molar-refractivity contribution is -0.259. The van der Waals surface area contributed by atoms with Crippen LogP contribution in [-0.2, 0) is 5.60 Å². The van der Waals surface area contributed by atoms with Gasteiger partial charge in [-0.1, -0.05) is 0 Å².